The monoisotopic (exact) mass is 329 g/mol. The van der Waals surface area contributed by atoms with Gasteiger partial charge in [-0.15, -0.1) is 0 Å². The summed E-state index contributed by atoms with van der Waals surface area (Å²) >= 11 is 3.43. The van der Waals surface area contributed by atoms with Gasteiger partial charge in [0.1, 0.15) is 16.2 Å². The van der Waals surface area contributed by atoms with Gasteiger partial charge in [-0.2, -0.15) is 0 Å². The summed E-state index contributed by atoms with van der Waals surface area (Å²) in [6.45, 7) is 10.8. The van der Waals surface area contributed by atoms with E-state index in [-0.39, 0.29) is 5.41 Å². The van der Waals surface area contributed by atoms with Gasteiger partial charge in [-0.1, -0.05) is 34.1 Å². The summed E-state index contributed by atoms with van der Waals surface area (Å²) in [6, 6.07) is 1.89. The second kappa shape index (κ2) is 7.80. The van der Waals surface area contributed by atoms with Crippen LogP contribution in [0.15, 0.2) is 10.7 Å². The van der Waals surface area contributed by atoms with Gasteiger partial charge < -0.3 is 10.1 Å². The van der Waals surface area contributed by atoms with Crippen LogP contribution in [0, 0.1) is 0 Å². The standard InChI is InChI=1S/C14H24BrN3O/c1-5-6-8-19-9-7-16-12-10-11(15)17-13(18-12)14(2,3)4/h10H,5-9H2,1-4H3,(H,16,17,18). The minimum absolute atomic E-state index is 0.0577. The van der Waals surface area contributed by atoms with Gasteiger partial charge in [-0.25, -0.2) is 9.97 Å². The minimum Gasteiger partial charge on any atom is -0.380 e. The van der Waals surface area contributed by atoms with Gasteiger partial charge in [0.05, 0.1) is 6.61 Å². The van der Waals surface area contributed by atoms with E-state index in [1.54, 1.807) is 0 Å². The molecule has 1 heterocycles. The van der Waals surface area contributed by atoms with E-state index in [1.807, 2.05) is 6.07 Å². The van der Waals surface area contributed by atoms with Gasteiger partial charge in [0.25, 0.3) is 0 Å². The Morgan fingerprint density at radius 1 is 1.26 bits per heavy atom. The van der Waals surface area contributed by atoms with Gasteiger partial charge >= 0.3 is 0 Å². The Balaban J connectivity index is 2.48. The summed E-state index contributed by atoms with van der Waals surface area (Å²) in [5.74, 6) is 1.67. The second-order valence-corrected chi connectivity index (χ2v) is 6.35. The predicted molar refractivity (Wildman–Crippen MR) is 82.6 cm³/mol. The first-order valence-electron chi connectivity index (χ1n) is 6.80. The molecular weight excluding hydrogens is 306 g/mol. The molecule has 0 saturated heterocycles. The average molecular weight is 330 g/mol. The molecule has 0 saturated carbocycles. The Morgan fingerprint density at radius 3 is 2.63 bits per heavy atom. The summed E-state index contributed by atoms with van der Waals surface area (Å²) in [5, 5.41) is 3.27. The van der Waals surface area contributed by atoms with Crippen molar-refractivity contribution in [2.45, 2.75) is 46.0 Å². The molecular formula is C14H24BrN3O. The van der Waals surface area contributed by atoms with Crippen LogP contribution in [0.3, 0.4) is 0 Å². The summed E-state index contributed by atoms with van der Waals surface area (Å²) in [4.78, 5) is 8.94. The molecule has 0 radical (unpaired) electrons. The molecule has 1 rings (SSSR count). The number of anilines is 1. The molecule has 108 valence electrons. The lowest BCUT2D eigenvalue weighted by Gasteiger charge is -2.18. The number of halogens is 1. The van der Waals surface area contributed by atoms with Gasteiger partial charge in [0.15, 0.2) is 0 Å². The van der Waals surface area contributed by atoms with E-state index in [4.69, 9.17) is 4.74 Å². The number of nitrogens with one attached hydrogen (secondary N) is 1. The maximum atomic E-state index is 5.51. The Bertz CT molecular complexity index is 391. The highest BCUT2D eigenvalue weighted by Gasteiger charge is 2.18. The number of aromatic nitrogens is 2. The van der Waals surface area contributed by atoms with E-state index in [0.29, 0.717) is 6.61 Å². The van der Waals surface area contributed by atoms with E-state index in [1.165, 1.54) is 6.42 Å². The largest absolute Gasteiger partial charge is 0.380 e. The molecule has 4 nitrogen and oxygen atoms in total. The van der Waals surface area contributed by atoms with Crippen molar-refractivity contribution in [2.24, 2.45) is 0 Å². The number of unbranched alkanes of at least 4 members (excludes halogenated alkanes) is 1. The SMILES string of the molecule is CCCCOCCNc1cc(Br)nc(C(C)(C)C)n1. The van der Waals surface area contributed by atoms with Crippen molar-refractivity contribution in [2.75, 3.05) is 25.1 Å². The molecule has 0 aliphatic carbocycles. The zero-order valence-corrected chi connectivity index (χ0v) is 13.9. The van der Waals surface area contributed by atoms with E-state index in [9.17, 15) is 0 Å². The van der Waals surface area contributed by atoms with Gasteiger partial charge in [-0.05, 0) is 22.4 Å². The highest BCUT2D eigenvalue weighted by Crippen LogP contribution is 2.22. The molecule has 0 amide bonds. The van der Waals surface area contributed by atoms with Crippen molar-refractivity contribution < 1.29 is 4.74 Å². The predicted octanol–water partition coefficient (Wildman–Crippen LogP) is 3.77. The van der Waals surface area contributed by atoms with Crippen LogP contribution in [-0.2, 0) is 10.2 Å². The third-order valence-electron chi connectivity index (χ3n) is 2.56. The van der Waals surface area contributed by atoms with E-state index in [2.05, 4.69) is 58.9 Å². The van der Waals surface area contributed by atoms with E-state index >= 15 is 0 Å². The maximum Gasteiger partial charge on any atom is 0.137 e. The molecule has 0 fully saturated rings. The van der Waals surface area contributed by atoms with Crippen LogP contribution in [0.5, 0.6) is 0 Å². The van der Waals surface area contributed by atoms with E-state index in [0.717, 1.165) is 35.8 Å². The molecule has 0 aliphatic heterocycles. The molecule has 0 spiro atoms. The number of hydrogen-bond acceptors (Lipinski definition) is 4. The molecule has 19 heavy (non-hydrogen) atoms. The van der Waals surface area contributed by atoms with Crippen LogP contribution < -0.4 is 5.32 Å². The molecule has 0 atom stereocenters. The minimum atomic E-state index is -0.0577. The topological polar surface area (TPSA) is 47.0 Å². The highest BCUT2D eigenvalue weighted by atomic mass is 79.9. The third kappa shape index (κ3) is 6.34. The normalized spacial score (nSPS) is 11.6. The summed E-state index contributed by atoms with van der Waals surface area (Å²) in [7, 11) is 0. The van der Waals surface area contributed by atoms with Gasteiger partial charge in [0.2, 0.25) is 0 Å². The molecule has 5 heteroatoms. The number of hydrogen-bond donors (Lipinski definition) is 1. The van der Waals surface area contributed by atoms with Crippen LogP contribution in [0.25, 0.3) is 0 Å². The number of rotatable bonds is 7. The fraction of sp³-hybridized carbons (Fsp3) is 0.714. The molecule has 1 N–H and O–H groups in total. The lowest BCUT2D eigenvalue weighted by Crippen LogP contribution is -2.18. The Kier molecular flexibility index (Phi) is 6.72. The fourth-order valence-corrected chi connectivity index (χ4v) is 1.83. The van der Waals surface area contributed by atoms with E-state index < -0.39 is 0 Å². The molecule has 1 aromatic heterocycles. The molecule has 0 aromatic carbocycles. The lowest BCUT2D eigenvalue weighted by atomic mass is 9.96. The number of ether oxygens (including phenoxy) is 1. The first kappa shape index (κ1) is 16.4. The third-order valence-corrected chi connectivity index (χ3v) is 2.97. The Labute approximate surface area is 124 Å². The Morgan fingerprint density at radius 2 is 2.00 bits per heavy atom. The molecule has 0 bridgehead atoms. The molecule has 1 aromatic rings. The zero-order valence-electron chi connectivity index (χ0n) is 12.3. The Hall–Kier alpha value is -0.680. The van der Waals surface area contributed by atoms with Crippen LogP contribution in [-0.4, -0.2) is 29.7 Å². The van der Waals surface area contributed by atoms with Crippen LogP contribution in [0.1, 0.15) is 46.4 Å². The van der Waals surface area contributed by atoms with Crippen LogP contribution >= 0.6 is 15.9 Å². The highest BCUT2D eigenvalue weighted by molar-refractivity contribution is 9.10. The zero-order chi connectivity index (χ0) is 14.3. The smallest absolute Gasteiger partial charge is 0.137 e. The van der Waals surface area contributed by atoms with Gasteiger partial charge in [0, 0.05) is 24.6 Å². The quantitative estimate of drug-likeness (QED) is 0.611. The molecule has 0 aliphatic rings. The fourth-order valence-electron chi connectivity index (χ4n) is 1.44. The van der Waals surface area contributed by atoms with Crippen LogP contribution in [0.4, 0.5) is 5.82 Å². The number of nitrogens with zero attached hydrogens (tertiary/aromatic N) is 2. The summed E-state index contributed by atoms with van der Waals surface area (Å²) in [5.41, 5.74) is -0.0577. The summed E-state index contributed by atoms with van der Waals surface area (Å²) < 4.78 is 6.31. The van der Waals surface area contributed by atoms with Crippen molar-refractivity contribution in [3.05, 3.63) is 16.5 Å². The maximum absolute atomic E-state index is 5.51. The lowest BCUT2D eigenvalue weighted by molar-refractivity contribution is 0.141. The average Bonchev–Trinajstić information content (AvgIpc) is 2.32. The second-order valence-electron chi connectivity index (χ2n) is 5.54. The van der Waals surface area contributed by atoms with Crippen molar-refractivity contribution in [1.82, 2.24) is 9.97 Å². The van der Waals surface area contributed by atoms with Crippen molar-refractivity contribution in [1.29, 1.82) is 0 Å². The summed E-state index contributed by atoms with van der Waals surface area (Å²) in [6.07, 6.45) is 2.29. The first-order valence-corrected chi connectivity index (χ1v) is 7.59. The molecule has 0 unspecified atom stereocenters. The first-order chi connectivity index (χ1) is 8.93. The van der Waals surface area contributed by atoms with Crippen LogP contribution in [0.2, 0.25) is 0 Å². The van der Waals surface area contributed by atoms with Gasteiger partial charge in [-0.3, -0.25) is 0 Å². The van der Waals surface area contributed by atoms with Crippen molar-refractivity contribution >= 4 is 21.7 Å². The van der Waals surface area contributed by atoms with Crippen molar-refractivity contribution in [3.8, 4) is 0 Å². The van der Waals surface area contributed by atoms with Crippen molar-refractivity contribution in [3.63, 3.8) is 0 Å².